The molecule has 0 radical (unpaired) electrons. The predicted molar refractivity (Wildman–Crippen MR) is 69.5 cm³/mol. The van der Waals surface area contributed by atoms with Crippen molar-refractivity contribution in [3.63, 3.8) is 0 Å². The number of rotatable bonds is 3. The fourth-order valence-electron chi connectivity index (χ4n) is 1.29. The molecule has 1 aromatic heterocycles. The van der Waals surface area contributed by atoms with Gasteiger partial charge in [-0.2, -0.15) is 0 Å². The Morgan fingerprint density at radius 3 is 2.50 bits per heavy atom. The Balaban J connectivity index is 2.16. The first-order chi connectivity index (χ1) is 7.78. The Labute approximate surface area is 102 Å². The van der Waals surface area contributed by atoms with Crippen LogP contribution in [0.1, 0.15) is 0 Å². The molecule has 0 bridgehead atoms. The summed E-state index contributed by atoms with van der Waals surface area (Å²) in [6.07, 6.45) is 1.69. The van der Waals surface area contributed by atoms with E-state index in [1.54, 1.807) is 6.20 Å². The van der Waals surface area contributed by atoms with Gasteiger partial charge in [-0.25, -0.2) is 10.8 Å². The zero-order valence-electron chi connectivity index (χ0n) is 8.44. The second-order valence-corrected chi connectivity index (χ2v) is 4.12. The fourth-order valence-corrected chi connectivity index (χ4v) is 1.55. The van der Waals surface area contributed by atoms with E-state index < -0.39 is 0 Å². The van der Waals surface area contributed by atoms with Gasteiger partial charge in [0.15, 0.2) is 0 Å². The van der Waals surface area contributed by atoms with E-state index in [1.807, 2.05) is 36.4 Å². The minimum Gasteiger partial charge on any atom is -0.355 e. The highest BCUT2D eigenvalue weighted by atomic mass is 79.9. The van der Waals surface area contributed by atoms with Crippen LogP contribution in [-0.2, 0) is 0 Å². The number of anilines is 3. The molecule has 1 aromatic carbocycles. The van der Waals surface area contributed by atoms with Crippen LogP contribution in [0.25, 0.3) is 0 Å². The lowest BCUT2D eigenvalue weighted by Gasteiger charge is -2.07. The maximum Gasteiger partial charge on any atom is 0.141 e. The lowest BCUT2D eigenvalue weighted by Crippen LogP contribution is -2.08. The van der Waals surface area contributed by atoms with Gasteiger partial charge in [-0.15, -0.1) is 0 Å². The zero-order chi connectivity index (χ0) is 11.4. The van der Waals surface area contributed by atoms with E-state index in [9.17, 15) is 0 Å². The average Bonchev–Trinajstić information content (AvgIpc) is 2.32. The van der Waals surface area contributed by atoms with Crippen LogP contribution in [0, 0.1) is 0 Å². The van der Waals surface area contributed by atoms with Crippen molar-refractivity contribution in [3.05, 3.63) is 47.1 Å². The number of nitrogens with zero attached hydrogens (tertiary/aromatic N) is 1. The van der Waals surface area contributed by atoms with Gasteiger partial charge in [0.05, 0.1) is 0 Å². The average molecular weight is 279 g/mol. The number of aromatic nitrogens is 1. The number of hydrazine groups is 1. The van der Waals surface area contributed by atoms with Crippen molar-refractivity contribution in [2.24, 2.45) is 5.84 Å². The Hall–Kier alpha value is -1.59. The van der Waals surface area contributed by atoms with Crippen LogP contribution in [0.3, 0.4) is 0 Å². The number of nitrogen functional groups attached to an aromatic ring is 1. The molecule has 4 nitrogen and oxygen atoms in total. The van der Waals surface area contributed by atoms with Gasteiger partial charge in [0.2, 0.25) is 0 Å². The van der Waals surface area contributed by atoms with E-state index in [2.05, 4.69) is 31.7 Å². The minimum absolute atomic E-state index is 0.627. The third kappa shape index (κ3) is 2.71. The molecule has 0 atom stereocenters. The predicted octanol–water partition coefficient (Wildman–Crippen LogP) is 2.87. The molecule has 0 unspecified atom stereocenters. The maximum atomic E-state index is 5.29. The van der Waals surface area contributed by atoms with Crippen LogP contribution in [0.2, 0.25) is 0 Å². The smallest absolute Gasteiger partial charge is 0.141 e. The Morgan fingerprint density at radius 1 is 1.06 bits per heavy atom. The Bertz CT molecular complexity index is 470. The van der Waals surface area contributed by atoms with E-state index >= 15 is 0 Å². The van der Waals surface area contributed by atoms with Crippen LogP contribution in [0.15, 0.2) is 47.1 Å². The number of halogens is 1. The van der Waals surface area contributed by atoms with Gasteiger partial charge < -0.3 is 10.7 Å². The molecular weight excluding hydrogens is 268 g/mol. The van der Waals surface area contributed by atoms with Gasteiger partial charge in [0.25, 0.3) is 0 Å². The van der Waals surface area contributed by atoms with E-state index in [1.165, 1.54) is 0 Å². The van der Waals surface area contributed by atoms with Gasteiger partial charge in [-0.05, 0) is 30.3 Å². The van der Waals surface area contributed by atoms with Crippen molar-refractivity contribution in [3.8, 4) is 0 Å². The SMILES string of the molecule is NNc1cc(Nc2ccc(Br)cc2)ccn1. The number of nitrogens with one attached hydrogen (secondary N) is 2. The van der Waals surface area contributed by atoms with Crippen molar-refractivity contribution in [1.29, 1.82) is 0 Å². The molecule has 82 valence electrons. The molecule has 16 heavy (non-hydrogen) atoms. The number of benzene rings is 1. The molecule has 0 aliphatic carbocycles. The van der Waals surface area contributed by atoms with Crippen molar-refractivity contribution >= 4 is 33.1 Å². The van der Waals surface area contributed by atoms with Gasteiger partial charge in [-0.1, -0.05) is 15.9 Å². The highest BCUT2D eigenvalue weighted by Crippen LogP contribution is 2.20. The van der Waals surface area contributed by atoms with E-state index in [0.29, 0.717) is 5.82 Å². The summed E-state index contributed by atoms with van der Waals surface area (Å²) in [4.78, 5) is 4.03. The molecule has 0 fully saturated rings. The standard InChI is InChI=1S/C11H11BrN4/c12-8-1-3-9(4-2-8)15-10-5-6-14-11(7-10)16-13/h1-7H,13H2,(H2,14,15,16). The number of hydrogen-bond donors (Lipinski definition) is 3. The highest BCUT2D eigenvalue weighted by Gasteiger charge is 1.96. The van der Waals surface area contributed by atoms with Crippen molar-refractivity contribution in [1.82, 2.24) is 4.98 Å². The fraction of sp³-hybridized carbons (Fsp3) is 0. The molecule has 0 spiro atoms. The monoisotopic (exact) mass is 278 g/mol. The first-order valence-electron chi connectivity index (χ1n) is 4.73. The summed E-state index contributed by atoms with van der Waals surface area (Å²) in [5.41, 5.74) is 4.45. The van der Waals surface area contributed by atoms with Crippen molar-refractivity contribution < 1.29 is 0 Å². The maximum absolute atomic E-state index is 5.29. The number of hydrogen-bond acceptors (Lipinski definition) is 4. The van der Waals surface area contributed by atoms with Crippen molar-refractivity contribution in [2.45, 2.75) is 0 Å². The molecular formula is C11H11BrN4. The molecule has 1 heterocycles. The lowest BCUT2D eigenvalue weighted by atomic mass is 10.3. The molecule has 0 aliphatic rings. The van der Waals surface area contributed by atoms with E-state index in [-0.39, 0.29) is 0 Å². The highest BCUT2D eigenvalue weighted by molar-refractivity contribution is 9.10. The molecule has 2 rings (SSSR count). The Kier molecular flexibility index (Phi) is 3.38. The normalized spacial score (nSPS) is 9.88. The molecule has 4 N–H and O–H groups in total. The first-order valence-corrected chi connectivity index (χ1v) is 5.52. The quantitative estimate of drug-likeness (QED) is 0.597. The summed E-state index contributed by atoms with van der Waals surface area (Å²) in [6, 6.07) is 11.6. The third-order valence-electron chi connectivity index (χ3n) is 2.04. The minimum atomic E-state index is 0.627. The molecule has 5 heteroatoms. The molecule has 0 aliphatic heterocycles. The summed E-state index contributed by atoms with van der Waals surface area (Å²) in [7, 11) is 0. The topological polar surface area (TPSA) is 63.0 Å². The zero-order valence-corrected chi connectivity index (χ0v) is 10.0. The summed E-state index contributed by atoms with van der Waals surface area (Å²) < 4.78 is 1.05. The molecule has 0 amide bonds. The van der Waals surface area contributed by atoms with Crippen LogP contribution < -0.4 is 16.6 Å². The third-order valence-corrected chi connectivity index (χ3v) is 2.57. The summed E-state index contributed by atoms with van der Waals surface area (Å²) in [6.45, 7) is 0. The summed E-state index contributed by atoms with van der Waals surface area (Å²) >= 11 is 3.39. The van der Waals surface area contributed by atoms with Gasteiger partial charge >= 0.3 is 0 Å². The lowest BCUT2D eigenvalue weighted by molar-refractivity contribution is 1.23. The molecule has 2 aromatic rings. The largest absolute Gasteiger partial charge is 0.355 e. The number of nitrogens with two attached hydrogens (primary N) is 1. The summed E-state index contributed by atoms with van der Waals surface area (Å²) in [5, 5.41) is 3.25. The molecule has 0 saturated carbocycles. The van der Waals surface area contributed by atoms with Crippen LogP contribution >= 0.6 is 15.9 Å². The molecule has 0 saturated heterocycles. The van der Waals surface area contributed by atoms with Gasteiger partial charge in [-0.3, -0.25) is 0 Å². The van der Waals surface area contributed by atoms with E-state index in [0.717, 1.165) is 15.8 Å². The second-order valence-electron chi connectivity index (χ2n) is 3.21. The van der Waals surface area contributed by atoms with E-state index in [4.69, 9.17) is 5.84 Å². The summed E-state index contributed by atoms with van der Waals surface area (Å²) in [5.74, 6) is 5.91. The Morgan fingerprint density at radius 2 is 1.81 bits per heavy atom. The van der Waals surface area contributed by atoms with Crippen LogP contribution in [-0.4, -0.2) is 4.98 Å². The van der Waals surface area contributed by atoms with Gasteiger partial charge in [0, 0.05) is 28.1 Å². The van der Waals surface area contributed by atoms with Gasteiger partial charge in [0.1, 0.15) is 5.82 Å². The van der Waals surface area contributed by atoms with Crippen LogP contribution in [0.5, 0.6) is 0 Å². The van der Waals surface area contributed by atoms with Crippen molar-refractivity contribution in [2.75, 3.05) is 10.7 Å². The number of pyridine rings is 1. The first kappa shape index (κ1) is 10.9. The van der Waals surface area contributed by atoms with Crippen LogP contribution in [0.4, 0.5) is 17.2 Å². The second kappa shape index (κ2) is 4.96.